The number of aromatic nitrogens is 2. The van der Waals surface area contributed by atoms with Crippen LogP contribution in [-0.2, 0) is 4.74 Å². The van der Waals surface area contributed by atoms with E-state index in [1.165, 1.54) is 0 Å². The molecule has 0 N–H and O–H groups in total. The maximum absolute atomic E-state index is 5.89. The molecule has 0 aliphatic carbocycles. The summed E-state index contributed by atoms with van der Waals surface area (Å²) >= 11 is 5.89. The number of fused-ring (bicyclic) bond motifs is 1. The van der Waals surface area contributed by atoms with Crippen molar-refractivity contribution >= 4 is 17.3 Å². The molecule has 1 atom stereocenters. The zero-order valence-electron chi connectivity index (χ0n) is 8.61. The third-order valence-corrected chi connectivity index (χ3v) is 2.66. The van der Waals surface area contributed by atoms with Crippen molar-refractivity contribution in [2.75, 3.05) is 25.2 Å². The lowest BCUT2D eigenvalue weighted by Crippen LogP contribution is -2.40. The Morgan fingerprint density at radius 1 is 1.67 bits per heavy atom. The Bertz CT molecular complexity index is 361. The first-order valence-corrected chi connectivity index (χ1v) is 5.05. The number of rotatable bonds is 2. The Morgan fingerprint density at radius 2 is 2.47 bits per heavy atom. The molecule has 15 heavy (non-hydrogen) atoms. The Balaban J connectivity index is 2.38. The highest BCUT2D eigenvalue weighted by atomic mass is 35.5. The Labute approximate surface area is 92.9 Å². The highest BCUT2D eigenvalue weighted by Crippen LogP contribution is 2.36. The molecule has 0 radical (unpaired) electrons. The average molecular weight is 230 g/mol. The number of halogens is 1. The van der Waals surface area contributed by atoms with Gasteiger partial charge in [-0.15, -0.1) is 5.10 Å². The number of anilines is 1. The van der Waals surface area contributed by atoms with E-state index in [0.29, 0.717) is 17.5 Å². The van der Waals surface area contributed by atoms with Crippen molar-refractivity contribution in [3.63, 3.8) is 0 Å². The van der Waals surface area contributed by atoms with Crippen molar-refractivity contribution in [3.8, 4) is 5.75 Å². The molecule has 0 amide bonds. The van der Waals surface area contributed by atoms with Gasteiger partial charge in [0.25, 0.3) is 0 Å². The van der Waals surface area contributed by atoms with Crippen molar-refractivity contribution in [3.05, 3.63) is 11.3 Å². The molecule has 1 aromatic heterocycles. The third-order valence-electron chi connectivity index (χ3n) is 2.41. The summed E-state index contributed by atoms with van der Waals surface area (Å²) in [4.78, 5) is 2.04. The predicted molar refractivity (Wildman–Crippen MR) is 56.4 cm³/mol. The Hall–Kier alpha value is -1.07. The predicted octanol–water partition coefficient (Wildman–Crippen LogP) is 1.32. The highest BCUT2D eigenvalue weighted by molar-refractivity contribution is 6.31. The molecule has 1 aromatic rings. The molecule has 0 bridgehead atoms. The summed E-state index contributed by atoms with van der Waals surface area (Å²) in [6, 6.07) is 0. The Morgan fingerprint density at radius 3 is 3.20 bits per heavy atom. The van der Waals surface area contributed by atoms with Crippen LogP contribution in [0.5, 0.6) is 5.75 Å². The summed E-state index contributed by atoms with van der Waals surface area (Å²) in [5.41, 5.74) is 0.829. The van der Waals surface area contributed by atoms with Gasteiger partial charge in [0, 0.05) is 7.11 Å². The molecular formula is C9H12ClN3O2. The first kappa shape index (κ1) is 10.4. The van der Waals surface area contributed by atoms with Crippen LogP contribution in [0, 0.1) is 0 Å². The largest absolute Gasteiger partial charge is 0.486 e. The van der Waals surface area contributed by atoms with Gasteiger partial charge in [0.1, 0.15) is 18.5 Å². The van der Waals surface area contributed by atoms with Crippen LogP contribution in [0.1, 0.15) is 6.92 Å². The van der Waals surface area contributed by atoms with Crippen LogP contribution >= 0.6 is 11.6 Å². The van der Waals surface area contributed by atoms with Crippen LogP contribution in [0.2, 0.25) is 5.15 Å². The molecule has 0 fully saturated rings. The molecule has 0 saturated heterocycles. The van der Waals surface area contributed by atoms with Gasteiger partial charge in [-0.05, 0) is 6.92 Å². The number of nitrogens with zero attached hydrogens (tertiary/aromatic N) is 3. The van der Waals surface area contributed by atoms with Gasteiger partial charge in [-0.25, -0.2) is 0 Å². The SMILES string of the molecule is COC(C)N1CCOc2c1cnnc2Cl. The van der Waals surface area contributed by atoms with E-state index in [0.717, 1.165) is 12.2 Å². The fraction of sp³-hybridized carbons (Fsp3) is 0.556. The van der Waals surface area contributed by atoms with E-state index in [4.69, 9.17) is 21.1 Å². The van der Waals surface area contributed by atoms with Crippen LogP contribution in [0.3, 0.4) is 0 Å². The van der Waals surface area contributed by atoms with E-state index in [2.05, 4.69) is 10.2 Å². The molecule has 1 unspecified atom stereocenters. The smallest absolute Gasteiger partial charge is 0.195 e. The van der Waals surface area contributed by atoms with Crippen molar-refractivity contribution < 1.29 is 9.47 Å². The third kappa shape index (κ3) is 1.85. The summed E-state index contributed by atoms with van der Waals surface area (Å²) in [5, 5.41) is 7.83. The Kier molecular flexibility index (Phi) is 2.93. The van der Waals surface area contributed by atoms with Gasteiger partial charge in [-0.1, -0.05) is 11.6 Å². The van der Waals surface area contributed by atoms with Crippen molar-refractivity contribution in [1.82, 2.24) is 10.2 Å². The summed E-state index contributed by atoms with van der Waals surface area (Å²) in [6.45, 7) is 3.29. The van der Waals surface area contributed by atoms with Gasteiger partial charge in [-0.2, -0.15) is 5.10 Å². The van der Waals surface area contributed by atoms with Gasteiger partial charge in [0.05, 0.1) is 12.7 Å². The van der Waals surface area contributed by atoms with Crippen molar-refractivity contribution in [2.45, 2.75) is 13.2 Å². The van der Waals surface area contributed by atoms with Crippen LogP contribution < -0.4 is 9.64 Å². The molecular weight excluding hydrogens is 218 g/mol. The fourth-order valence-electron chi connectivity index (χ4n) is 1.55. The molecule has 0 aromatic carbocycles. The lowest BCUT2D eigenvalue weighted by molar-refractivity contribution is 0.106. The monoisotopic (exact) mass is 229 g/mol. The average Bonchev–Trinajstić information content (AvgIpc) is 2.28. The van der Waals surface area contributed by atoms with Crippen molar-refractivity contribution in [2.24, 2.45) is 0 Å². The standard InChI is InChI=1S/C9H12ClN3O2/c1-6(14-2)13-3-4-15-8-7(13)5-11-12-9(8)10/h5-6H,3-4H2,1-2H3. The maximum Gasteiger partial charge on any atom is 0.195 e. The highest BCUT2D eigenvalue weighted by Gasteiger charge is 2.25. The van der Waals surface area contributed by atoms with Gasteiger partial charge in [-0.3, -0.25) is 0 Å². The fourth-order valence-corrected chi connectivity index (χ4v) is 1.75. The molecule has 1 aliphatic heterocycles. The zero-order valence-corrected chi connectivity index (χ0v) is 9.36. The van der Waals surface area contributed by atoms with Crippen molar-refractivity contribution in [1.29, 1.82) is 0 Å². The van der Waals surface area contributed by atoms with E-state index in [-0.39, 0.29) is 6.23 Å². The lowest BCUT2D eigenvalue weighted by Gasteiger charge is -2.34. The molecule has 2 heterocycles. The van der Waals surface area contributed by atoms with Crippen LogP contribution in [-0.4, -0.2) is 36.7 Å². The molecule has 1 aliphatic rings. The van der Waals surface area contributed by atoms with E-state index < -0.39 is 0 Å². The molecule has 0 saturated carbocycles. The van der Waals surface area contributed by atoms with Crippen LogP contribution in [0.15, 0.2) is 6.20 Å². The van der Waals surface area contributed by atoms with Gasteiger partial charge < -0.3 is 14.4 Å². The quantitative estimate of drug-likeness (QED) is 0.766. The minimum atomic E-state index is -0.0343. The van der Waals surface area contributed by atoms with E-state index >= 15 is 0 Å². The minimum absolute atomic E-state index is 0.0343. The second-order valence-corrected chi connectivity index (χ2v) is 3.58. The second kappa shape index (κ2) is 4.20. The van der Waals surface area contributed by atoms with E-state index in [1.807, 2.05) is 11.8 Å². The molecule has 6 heteroatoms. The summed E-state index contributed by atoms with van der Waals surface area (Å²) in [6.07, 6.45) is 1.60. The normalized spacial score (nSPS) is 16.9. The molecule has 5 nitrogen and oxygen atoms in total. The van der Waals surface area contributed by atoms with E-state index in [1.54, 1.807) is 13.3 Å². The first-order valence-electron chi connectivity index (χ1n) is 4.67. The number of hydrogen-bond donors (Lipinski definition) is 0. The number of ether oxygens (including phenoxy) is 2. The van der Waals surface area contributed by atoms with Gasteiger partial charge >= 0.3 is 0 Å². The van der Waals surface area contributed by atoms with Crippen LogP contribution in [0.4, 0.5) is 5.69 Å². The maximum atomic E-state index is 5.89. The second-order valence-electron chi connectivity index (χ2n) is 3.23. The number of hydrogen-bond acceptors (Lipinski definition) is 5. The minimum Gasteiger partial charge on any atom is -0.486 e. The first-order chi connectivity index (χ1) is 7.24. The molecule has 2 rings (SSSR count). The van der Waals surface area contributed by atoms with Gasteiger partial charge in [0.15, 0.2) is 10.9 Å². The lowest BCUT2D eigenvalue weighted by atomic mass is 10.3. The van der Waals surface area contributed by atoms with Crippen LogP contribution in [0.25, 0.3) is 0 Å². The number of methoxy groups -OCH3 is 1. The molecule has 82 valence electrons. The zero-order chi connectivity index (χ0) is 10.8. The topological polar surface area (TPSA) is 47.5 Å². The summed E-state index contributed by atoms with van der Waals surface area (Å²) < 4.78 is 10.7. The van der Waals surface area contributed by atoms with Gasteiger partial charge in [0.2, 0.25) is 0 Å². The summed E-state index contributed by atoms with van der Waals surface area (Å²) in [7, 11) is 1.66. The van der Waals surface area contributed by atoms with E-state index in [9.17, 15) is 0 Å². The molecule has 0 spiro atoms. The summed E-state index contributed by atoms with van der Waals surface area (Å²) in [5.74, 6) is 0.585.